The van der Waals surface area contributed by atoms with Crippen molar-refractivity contribution >= 4 is 11.8 Å². The van der Waals surface area contributed by atoms with Crippen LogP contribution >= 0.6 is 11.8 Å². The maximum atomic E-state index is 13.1. The summed E-state index contributed by atoms with van der Waals surface area (Å²) in [5, 5.41) is 4.07. The minimum absolute atomic E-state index is 0.0521. The molecule has 0 spiro atoms. The average Bonchev–Trinajstić information content (AvgIpc) is 2.68. The number of rotatable bonds is 3. The van der Waals surface area contributed by atoms with Crippen molar-refractivity contribution in [2.75, 3.05) is 5.75 Å². The first-order valence-electron chi connectivity index (χ1n) is 5.90. The van der Waals surface area contributed by atoms with Gasteiger partial charge in [0.2, 0.25) is 0 Å². The van der Waals surface area contributed by atoms with E-state index in [0.29, 0.717) is 11.3 Å². The second-order valence-electron chi connectivity index (χ2n) is 4.53. The average molecular weight is 257 g/mol. The lowest BCUT2D eigenvalue weighted by molar-refractivity contribution is 0.449. The molecule has 0 radical (unpaired) electrons. The van der Waals surface area contributed by atoms with E-state index in [-0.39, 0.29) is 6.04 Å². The molecule has 0 amide bonds. The van der Waals surface area contributed by atoms with Gasteiger partial charge in [-0.05, 0) is 36.8 Å². The van der Waals surface area contributed by atoms with E-state index in [2.05, 4.69) is 12.2 Å². The van der Waals surface area contributed by atoms with E-state index in [9.17, 15) is 8.78 Å². The molecule has 3 unspecified atom stereocenters. The normalized spacial score (nSPS) is 26.1. The Balaban J connectivity index is 2.03. The van der Waals surface area contributed by atoms with Crippen molar-refractivity contribution in [1.29, 1.82) is 0 Å². The van der Waals surface area contributed by atoms with Crippen LogP contribution in [0.5, 0.6) is 0 Å². The van der Waals surface area contributed by atoms with Gasteiger partial charge in [0.15, 0.2) is 11.6 Å². The first-order valence-corrected chi connectivity index (χ1v) is 6.95. The fraction of sp³-hybridized carbons (Fsp3) is 0.538. The molecular formula is C13H17F2NS. The Kier molecular flexibility index (Phi) is 4.05. The first-order chi connectivity index (χ1) is 8.08. The van der Waals surface area contributed by atoms with Crippen LogP contribution in [0.25, 0.3) is 0 Å². The van der Waals surface area contributed by atoms with Gasteiger partial charge in [-0.25, -0.2) is 8.78 Å². The van der Waals surface area contributed by atoms with Crippen molar-refractivity contribution < 1.29 is 8.78 Å². The molecular weight excluding hydrogens is 240 g/mol. The summed E-state index contributed by atoms with van der Waals surface area (Å²) in [5.41, 5.74) is 0.799. The summed E-state index contributed by atoms with van der Waals surface area (Å²) in [4.78, 5) is 0. The highest BCUT2D eigenvalue weighted by molar-refractivity contribution is 8.00. The van der Waals surface area contributed by atoms with E-state index in [0.717, 1.165) is 12.0 Å². The third kappa shape index (κ3) is 2.99. The van der Waals surface area contributed by atoms with Crippen LogP contribution in [-0.2, 0) is 0 Å². The van der Waals surface area contributed by atoms with Crippen LogP contribution in [0.3, 0.4) is 0 Å². The van der Waals surface area contributed by atoms with E-state index in [1.54, 1.807) is 6.07 Å². The van der Waals surface area contributed by atoms with E-state index in [1.165, 1.54) is 17.9 Å². The van der Waals surface area contributed by atoms with E-state index in [1.807, 2.05) is 18.7 Å². The summed E-state index contributed by atoms with van der Waals surface area (Å²) >= 11 is 1.95. The Hall–Kier alpha value is -0.610. The van der Waals surface area contributed by atoms with Crippen molar-refractivity contribution in [3.05, 3.63) is 35.4 Å². The number of nitrogens with one attached hydrogen (secondary N) is 1. The Morgan fingerprint density at radius 2 is 2.12 bits per heavy atom. The maximum Gasteiger partial charge on any atom is 0.159 e. The molecule has 1 aliphatic rings. The molecule has 1 aliphatic heterocycles. The number of hydrogen-bond donors (Lipinski definition) is 1. The molecule has 0 saturated carbocycles. The lowest BCUT2D eigenvalue weighted by atomic mass is 10.1. The third-order valence-electron chi connectivity index (χ3n) is 3.28. The lowest BCUT2D eigenvalue weighted by Crippen LogP contribution is -2.35. The number of hydrogen-bond acceptors (Lipinski definition) is 2. The maximum absolute atomic E-state index is 13.1. The SMILES string of the molecule is CC(NC1CCSC1C)c1ccc(F)c(F)c1. The van der Waals surface area contributed by atoms with Crippen LogP contribution < -0.4 is 5.32 Å². The largest absolute Gasteiger partial charge is 0.306 e. The molecule has 1 aromatic carbocycles. The number of halogens is 2. The fourth-order valence-corrected chi connectivity index (χ4v) is 3.36. The molecule has 1 heterocycles. The zero-order chi connectivity index (χ0) is 12.4. The zero-order valence-electron chi connectivity index (χ0n) is 10.0. The van der Waals surface area contributed by atoms with Gasteiger partial charge in [-0.3, -0.25) is 0 Å². The molecule has 0 bridgehead atoms. The predicted molar refractivity (Wildman–Crippen MR) is 68.2 cm³/mol. The summed E-state index contributed by atoms with van der Waals surface area (Å²) < 4.78 is 26.0. The van der Waals surface area contributed by atoms with Crippen molar-refractivity contribution in [2.45, 2.75) is 37.6 Å². The fourth-order valence-electron chi connectivity index (χ4n) is 2.15. The van der Waals surface area contributed by atoms with E-state index >= 15 is 0 Å². The Labute approximate surface area is 105 Å². The molecule has 2 rings (SSSR count). The van der Waals surface area contributed by atoms with Crippen LogP contribution in [0.2, 0.25) is 0 Å². The molecule has 1 nitrogen and oxygen atoms in total. The molecule has 1 N–H and O–H groups in total. The second-order valence-corrected chi connectivity index (χ2v) is 6.02. The summed E-state index contributed by atoms with van der Waals surface area (Å²) in [6, 6.07) is 4.62. The smallest absolute Gasteiger partial charge is 0.159 e. The van der Waals surface area contributed by atoms with Gasteiger partial charge < -0.3 is 5.32 Å². The third-order valence-corrected chi connectivity index (χ3v) is 4.61. The van der Waals surface area contributed by atoms with E-state index in [4.69, 9.17) is 0 Å². The first kappa shape index (κ1) is 12.8. The lowest BCUT2D eigenvalue weighted by Gasteiger charge is -2.22. The molecule has 3 atom stereocenters. The van der Waals surface area contributed by atoms with Gasteiger partial charge in [0.25, 0.3) is 0 Å². The van der Waals surface area contributed by atoms with Crippen molar-refractivity contribution in [3.8, 4) is 0 Å². The summed E-state index contributed by atoms with van der Waals surface area (Å²) in [7, 11) is 0. The van der Waals surface area contributed by atoms with Gasteiger partial charge in [0, 0.05) is 17.3 Å². The Morgan fingerprint density at radius 1 is 1.35 bits per heavy atom. The highest BCUT2D eigenvalue weighted by Crippen LogP contribution is 2.28. The standard InChI is InChI=1S/C13H17F2NS/c1-8(16-13-5-6-17-9(13)2)10-3-4-11(14)12(15)7-10/h3-4,7-9,13,16H,5-6H2,1-2H3. The highest BCUT2D eigenvalue weighted by Gasteiger charge is 2.25. The molecule has 1 saturated heterocycles. The predicted octanol–water partition coefficient (Wildman–Crippen LogP) is 3.51. The van der Waals surface area contributed by atoms with Crippen LogP contribution in [0.1, 0.15) is 31.9 Å². The highest BCUT2D eigenvalue weighted by atomic mass is 32.2. The quantitative estimate of drug-likeness (QED) is 0.889. The monoisotopic (exact) mass is 257 g/mol. The molecule has 17 heavy (non-hydrogen) atoms. The topological polar surface area (TPSA) is 12.0 Å². The summed E-state index contributed by atoms with van der Waals surface area (Å²) in [5.74, 6) is -0.390. The number of benzene rings is 1. The molecule has 1 aromatic rings. The van der Waals surface area contributed by atoms with Crippen LogP contribution in [0.15, 0.2) is 18.2 Å². The molecule has 94 valence electrons. The minimum Gasteiger partial charge on any atom is -0.306 e. The van der Waals surface area contributed by atoms with Gasteiger partial charge in [-0.1, -0.05) is 13.0 Å². The second kappa shape index (κ2) is 5.36. The molecule has 4 heteroatoms. The Morgan fingerprint density at radius 3 is 2.71 bits per heavy atom. The van der Waals surface area contributed by atoms with Crippen LogP contribution in [-0.4, -0.2) is 17.0 Å². The molecule has 0 aliphatic carbocycles. The zero-order valence-corrected chi connectivity index (χ0v) is 10.9. The van der Waals surface area contributed by atoms with Crippen LogP contribution in [0.4, 0.5) is 8.78 Å². The molecule has 1 fully saturated rings. The van der Waals surface area contributed by atoms with Gasteiger partial charge >= 0.3 is 0 Å². The van der Waals surface area contributed by atoms with Gasteiger partial charge in [-0.15, -0.1) is 0 Å². The summed E-state index contributed by atoms with van der Waals surface area (Å²) in [6.07, 6.45) is 1.14. The van der Waals surface area contributed by atoms with Gasteiger partial charge in [0.1, 0.15) is 0 Å². The van der Waals surface area contributed by atoms with Crippen molar-refractivity contribution in [3.63, 3.8) is 0 Å². The van der Waals surface area contributed by atoms with Crippen molar-refractivity contribution in [1.82, 2.24) is 5.32 Å². The summed E-state index contributed by atoms with van der Waals surface area (Å²) in [6.45, 7) is 4.19. The molecule has 0 aromatic heterocycles. The van der Waals surface area contributed by atoms with E-state index < -0.39 is 11.6 Å². The van der Waals surface area contributed by atoms with Crippen molar-refractivity contribution in [2.24, 2.45) is 0 Å². The van der Waals surface area contributed by atoms with Gasteiger partial charge in [-0.2, -0.15) is 11.8 Å². The minimum atomic E-state index is -0.786. The van der Waals surface area contributed by atoms with Gasteiger partial charge in [0.05, 0.1) is 0 Å². The number of thioether (sulfide) groups is 1. The Bertz CT molecular complexity index is 397. The van der Waals surface area contributed by atoms with Crippen LogP contribution in [0, 0.1) is 11.6 Å².